The average Bonchev–Trinajstić information content (AvgIpc) is 3.03. The number of aromatic nitrogens is 1. The minimum atomic E-state index is -3.89. The Morgan fingerprint density at radius 2 is 1.64 bits per heavy atom. The van der Waals surface area contributed by atoms with Crippen molar-refractivity contribution in [2.45, 2.75) is 11.8 Å². The fourth-order valence-corrected chi connectivity index (χ4v) is 3.25. The van der Waals surface area contributed by atoms with Gasteiger partial charge in [0.05, 0.1) is 4.90 Å². The fraction of sp³-hybridized carbons (Fsp3) is 0.0588. The molecule has 0 saturated heterocycles. The summed E-state index contributed by atoms with van der Waals surface area (Å²) in [7, 11) is -3.89. The largest absolute Gasteiger partial charge is 0.504 e. The SMILES string of the molecule is Cc1cc(NS(=O)(=O)c2ccc(NC(=O)c3cc(O)c(O)c(O)c3)cc2)no1. The smallest absolute Gasteiger partial charge is 0.263 e. The van der Waals surface area contributed by atoms with Crippen LogP contribution in [0.4, 0.5) is 11.5 Å². The molecule has 0 unspecified atom stereocenters. The van der Waals surface area contributed by atoms with Crippen molar-refractivity contribution in [2.75, 3.05) is 10.0 Å². The van der Waals surface area contributed by atoms with Gasteiger partial charge < -0.3 is 25.2 Å². The number of anilines is 2. The molecule has 0 spiro atoms. The number of rotatable bonds is 5. The molecule has 11 heteroatoms. The van der Waals surface area contributed by atoms with Crippen LogP contribution in [0.1, 0.15) is 16.1 Å². The van der Waals surface area contributed by atoms with E-state index in [2.05, 4.69) is 15.2 Å². The summed E-state index contributed by atoms with van der Waals surface area (Å²) in [5.41, 5.74) is 0.167. The second kappa shape index (κ2) is 7.12. The number of hydrogen-bond donors (Lipinski definition) is 5. The Bertz CT molecular complexity index is 1110. The van der Waals surface area contributed by atoms with Crippen LogP contribution in [0.25, 0.3) is 0 Å². The lowest BCUT2D eigenvalue weighted by Crippen LogP contribution is -2.14. The van der Waals surface area contributed by atoms with E-state index in [1.165, 1.54) is 30.3 Å². The predicted octanol–water partition coefficient (Wildman–Crippen LogP) is 2.15. The van der Waals surface area contributed by atoms with Gasteiger partial charge in [0, 0.05) is 17.3 Å². The maximum absolute atomic E-state index is 12.3. The average molecular weight is 405 g/mol. The van der Waals surface area contributed by atoms with Crippen LogP contribution < -0.4 is 10.0 Å². The molecule has 0 aliphatic rings. The fourth-order valence-electron chi connectivity index (χ4n) is 2.27. The van der Waals surface area contributed by atoms with Gasteiger partial charge in [-0.1, -0.05) is 5.16 Å². The molecule has 0 aliphatic carbocycles. The molecule has 3 aromatic rings. The van der Waals surface area contributed by atoms with Gasteiger partial charge in [-0.2, -0.15) is 0 Å². The molecular weight excluding hydrogens is 390 g/mol. The number of sulfonamides is 1. The summed E-state index contributed by atoms with van der Waals surface area (Å²) >= 11 is 0. The lowest BCUT2D eigenvalue weighted by atomic mass is 10.1. The first-order chi connectivity index (χ1) is 13.2. The van der Waals surface area contributed by atoms with E-state index in [1.807, 2.05) is 0 Å². The minimum Gasteiger partial charge on any atom is -0.504 e. The van der Waals surface area contributed by atoms with E-state index in [0.29, 0.717) is 5.76 Å². The van der Waals surface area contributed by atoms with Crippen molar-refractivity contribution in [2.24, 2.45) is 0 Å². The third kappa shape index (κ3) is 3.99. The van der Waals surface area contributed by atoms with E-state index >= 15 is 0 Å². The molecule has 10 nitrogen and oxygen atoms in total. The van der Waals surface area contributed by atoms with Gasteiger partial charge in [-0.25, -0.2) is 8.42 Å². The topological polar surface area (TPSA) is 162 Å². The first kappa shape index (κ1) is 19.0. The monoisotopic (exact) mass is 405 g/mol. The molecule has 28 heavy (non-hydrogen) atoms. The van der Waals surface area contributed by atoms with Gasteiger partial charge in [0.15, 0.2) is 23.1 Å². The zero-order valence-electron chi connectivity index (χ0n) is 14.4. The Balaban J connectivity index is 1.74. The van der Waals surface area contributed by atoms with Crippen molar-refractivity contribution in [1.82, 2.24) is 5.16 Å². The van der Waals surface area contributed by atoms with E-state index in [0.717, 1.165) is 12.1 Å². The summed E-state index contributed by atoms with van der Waals surface area (Å²) in [5, 5.41) is 34.3. The van der Waals surface area contributed by atoms with Gasteiger partial charge in [-0.05, 0) is 43.3 Å². The Kier molecular flexibility index (Phi) is 4.84. The summed E-state index contributed by atoms with van der Waals surface area (Å²) < 4.78 is 31.7. The highest BCUT2D eigenvalue weighted by molar-refractivity contribution is 7.92. The van der Waals surface area contributed by atoms with Crippen molar-refractivity contribution >= 4 is 27.4 Å². The highest BCUT2D eigenvalue weighted by atomic mass is 32.2. The van der Waals surface area contributed by atoms with Gasteiger partial charge >= 0.3 is 0 Å². The summed E-state index contributed by atoms with van der Waals surface area (Å²) in [6, 6.07) is 8.66. The number of phenols is 3. The molecule has 1 amide bonds. The maximum Gasteiger partial charge on any atom is 0.263 e. The summed E-state index contributed by atoms with van der Waals surface area (Å²) in [5.74, 6) is -2.23. The molecule has 0 aliphatic heterocycles. The van der Waals surface area contributed by atoms with E-state index in [-0.39, 0.29) is 22.0 Å². The molecule has 146 valence electrons. The van der Waals surface area contributed by atoms with Gasteiger partial charge in [0.25, 0.3) is 15.9 Å². The first-order valence-electron chi connectivity index (χ1n) is 7.78. The summed E-state index contributed by atoms with van der Waals surface area (Å²) in [4.78, 5) is 12.1. The number of amides is 1. The summed E-state index contributed by atoms with van der Waals surface area (Å²) in [6.45, 7) is 1.62. The van der Waals surface area contributed by atoms with Crippen LogP contribution in [0.3, 0.4) is 0 Å². The normalized spacial score (nSPS) is 11.2. The van der Waals surface area contributed by atoms with Crippen LogP contribution in [-0.4, -0.2) is 34.8 Å². The van der Waals surface area contributed by atoms with Crippen LogP contribution in [0, 0.1) is 6.92 Å². The van der Waals surface area contributed by atoms with Crippen molar-refractivity contribution in [1.29, 1.82) is 0 Å². The molecule has 0 saturated carbocycles. The van der Waals surface area contributed by atoms with Crippen LogP contribution >= 0.6 is 0 Å². The van der Waals surface area contributed by atoms with Crippen LogP contribution in [0.2, 0.25) is 0 Å². The van der Waals surface area contributed by atoms with Crippen molar-refractivity contribution in [3.63, 3.8) is 0 Å². The lowest BCUT2D eigenvalue weighted by molar-refractivity contribution is 0.102. The maximum atomic E-state index is 12.3. The predicted molar refractivity (Wildman–Crippen MR) is 97.9 cm³/mol. The van der Waals surface area contributed by atoms with Gasteiger partial charge in [0.2, 0.25) is 0 Å². The molecule has 2 aromatic carbocycles. The summed E-state index contributed by atoms with van der Waals surface area (Å²) in [6.07, 6.45) is 0. The van der Waals surface area contributed by atoms with Crippen LogP contribution in [0.5, 0.6) is 17.2 Å². The van der Waals surface area contributed by atoms with Crippen molar-refractivity contribution in [3.05, 3.63) is 53.8 Å². The molecule has 3 rings (SSSR count). The lowest BCUT2D eigenvalue weighted by Gasteiger charge is -2.09. The molecule has 0 radical (unpaired) electrons. The Hall–Kier alpha value is -3.73. The number of aromatic hydroxyl groups is 3. The van der Waals surface area contributed by atoms with Crippen LogP contribution in [-0.2, 0) is 10.0 Å². The number of carbonyl (C=O) groups is 1. The third-order valence-electron chi connectivity index (χ3n) is 3.62. The van der Waals surface area contributed by atoms with E-state index in [9.17, 15) is 28.5 Å². The molecule has 1 heterocycles. The zero-order valence-corrected chi connectivity index (χ0v) is 15.2. The highest BCUT2D eigenvalue weighted by Gasteiger charge is 2.17. The number of benzene rings is 2. The molecular formula is C17H15N3O7S. The Morgan fingerprint density at radius 3 is 2.18 bits per heavy atom. The highest BCUT2D eigenvalue weighted by Crippen LogP contribution is 2.35. The quantitative estimate of drug-likeness (QED) is 0.403. The number of hydrogen-bond acceptors (Lipinski definition) is 8. The number of nitrogens with zero attached hydrogens (tertiary/aromatic N) is 1. The van der Waals surface area contributed by atoms with E-state index in [1.54, 1.807) is 6.92 Å². The standard InChI is InChI=1S/C17H15N3O7S/c1-9-6-15(19-27-9)20-28(25,26)12-4-2-11(3-5-12)18-17(24)10-7-13(21)16(23)14(22)8-10/h2-8,21-23H,1H3,(H,18,24)(H,19,20). The van der Waals surface area contributed by atoms with Crippen molar-refractivity contribution < 1.29 is 33.1 Å². The van der Waals surface area contributed by atoms with Gasteiger partial charge in [-0.3, -0.25) is 9.52 Å². The third-order valence-corrected chi connectivity index (χ3v) is 4.99. The van der Waals surface area contributed by atoms with Gasteiger partial charge in [0.1, 0.15) is 5.76 Å². The number of carbonyl (C=O) groups excluding carboxylic acids is 1. The van der Waals surface area contributed by atoms with Crippen molar-refractivity contribution in [3.8, 4) is 17.2 Å². The Labute approximate surface area is 159 Å². The molecule has 0 bridgehead atoms. The van der Waals surface area contributed by atoms with Crippen LogP contribution in [0.15, 0.2) is 51.9 Å². The number of nitrogens with one attached hydrogen (secondary N) is 2. The second-order valence-electron chi connectivity index (χ2n) is 5.77. The molecule has 5 N–H and O–H groups in total. The first-order valence-corrected chi connectivity index (χ1v) is 9.26. The molecule has 0 atom stereocenters. The molecule has 0 fully saturated rings. The van der Waals surface area contributed by atoms with Gasteiger partial charge in [-0.15, -0.1) is 0 Å². The number of aryl methyl sites for hydroxylation is 1. The zero-order chi connectivity index (χ0) is 20.5. The minimum absolute atomic E-state index is 0.0434. The molecule has 1 aromatic heterocycles. The second-order valence-corrected chi connectivity index (χ2v) is 7.45. The van der Waals surface area contributed by atoms with E-state index < -0.39 is 33.2 Å². The van der Waals surface area contributed by atoms with E-state index in [4.69, 9.17) is 4.52 Å². The Morgan fingerprint density at radius 1 is 1.04 bits per heavy atom. The number of phenolic OH excluding ortho intramolecular Hbond substituents is 3.